The summed E-state index contributed by atoms with van der Waals surface area (Å²) in [5.74, 6) is 0.353. The summed E-state index contributed by atoms with van der Waals surface area (Å²) in [6.45, 7) is 4.62. The molecular weight excluding hydrogens is 180 g/mol. The van der Waals surface area contributed by atoms with Crippen molar-refractivity contribution in [3.63, 3.8) is 0 Å². The van der Waals surface area contributed by atoms with Crippen molar-refractivity contribution in [3.8, 4) is 0 Å². The number of hydrogen-bond donors (Lipinski definition) is 0. The first-order valence-corrected chi connectivity index (χ1v) is 5.06. The Morgan fingerprint density at radius 1 is 1.43 bits per heavy atom. The fraction of sp³-hybridized carbons (Fsp3) is 0.727. The van der Waals surface area contributed by atoms with Crippen molar-refractivity contribution < 1.29 is 14.3 Å². The van der Waals surface area contributed by atoms with Gasteiger partial charge in [0.15, 0.2) is 0 Å². The van der Waals surface area contributed by atoms with Crippen LogP contribution in [-0.2, 0) is 14.3 Å². The Kier molecular flexibility index (Phi) is 4.14. The van der Waals surface area contributed by atoms with Crippen LogP contribution in [0.2, 0.25) is 0 Å². The molecule has 0 bridgehead atoms. The van der Waals surface area contributed by atoms with Crippen LogP contribution in [0.3, 0.4) is 0 Å². The van der Waals surface area contributed by atoms with Gasteiger partial charge in [0.05, 0.1) is 13.2 Å². The fourth-order valence-electron chi connectivity index (χ4n) is 1.49. The Labute approximate surface area is 85.1 Å². The highest BCUT2D eigenvalue weighted by molar-refractivity contribution is 5.88. The van der Waals surface area contributed by atoms with Crippen molar-refractivity contribution >= 4 is 5.97 Å². The average molecular weight is 198 g/mol. The van der Waals surface area contributed by atoms with Crippen LogP contribution in [0.5, 0.6) is 0 Å². The van der Waals surface area contributed by atoms with E-state index < -0.39 is 0 Å². The average Bonchev–Trinajstić information content (AvgIpc) is 2.97. The molecule has 0 aromatic heterocycles. The first kappa shape index (κ1) is 11.2. The lowest BCUT2D eigenvalue weighted by Gasteiger charge is -2.09. The highest BCUT2D eigenvalue weighted by Crippen LogP contribution is 2.38. The first-order chi connectivity index (χ1) is 6.70. The third-order valence-electron chi connectivity index (χ3n) is 2.43. The summed E-state index contributed by atoms with van der Waals surface area (Å²) >= 11 is 0. The molecule has 0 amide bonds. The van der Waals surface area contributed by atoms with E-state index in [0.29, 0.717) is 19.1 Å². The van der Waals surface area contributed by atoms with Crippen molar-refractivity contribution in [2.45, 2.75) is 26.7 Å². The zero-order valence-electron chi connectivity index (χ0n) is 9.13. The van der Waals surface area contributed by atoms with E-state index in [1.807, 2.05) is 13.8 Å². The second kappa shape index (κ2) is 5.15. The van der Waals surface area contributed by atoms with Crippen LogP contribution in [0, 0.1) is 5.92 Å². The Hall–Kier alpha value is -0.830. The molecule has 80 valence electrons. The van der Waals surface area contributed by atoms with Gasteiger partial charge >= 0.3 is 5.97 Å². The van der Waals surface area contributed by atoms with Gasteiger partial charge in [-0.15, -0.1) is 0 Å². The van der Waals surface area contributed by atoms with Gasteiger partial charge in [0.2, 0.25) is 0 Å². The smallest absolute Gasteiger partial charge is 0.333 e. The van der Waals surface area contributed by atoms with E-state index in [1.165, 1.54) is 12.8 Å². The molecule has 3 heteroatoms. The first-order valence-electron chi connectivity index (χ1n) is 5.06. The van der Waals surface area contributed by atoms with E-state index in [1.54, 1.807) is 7.11 Å². The highest BCUT2D eigenvalue weighted by Gasteiger charge is 2.29. The zero-order chi connectivity index (χ0) is 10.6. The van der Waals surface area contributed by atoms with Gasteiger partial charge in [0.25, 0.3) is 0 Å². The van der Waals surface area contributed by atoms with Gasteiger partial charge in [0, 0.05) is 12.7 Å². The van der Waals surface area contributed by atoms with Crippen LogP contribution in [0.25, 0.3) is 0 Å². The maximum atomic E-state index is 11.5. The summed E-state index contributed by atoms with van der Waals surface area (Å²) in [6, 6.07) is 0. The topological polar surface area (TPSA) is 35.5 Å². The molecule has 0 heterocycles. The number of carbonyl (C=O) groups excluding carboxylic acids is 1. The molecule has 1 aliphatic carbocycles. The quantitative estimate of drug-likeness (QED) is 0.500. The SMILES string of the molecule is CCOC(=O)C(C)=C(COC)C1CC1. The Bertz CT molecular complexity index is 239. The van der Waals surface area contributed by atoms with E-state index in [2.05, 4.69) is 0 Å². The molecule has 0 aliphatic heterocycles. The van der Waals surface area contributed by atoms with Crippen molar-refractivity contribution in [1.82, 2.24) is 0 Å². The van der Waals surface area contributed by atoms with Crippen molar-refractivity contribution in [2.75, 3.05) is 20.3 Å². The molecule has 1 saturated carbocycles. The summed E-state index contributed by atoms with van der Waals surface area (Å²) in [5.41, 5.74) is 1.85. The van der Waals surface area contributed by atoms with Crippen molar-refractivity contribution in [1.29, 1.82) is 0 Å². The van der Waals surface area contributed by atoms with Crippen molar-refractivity contribution in [2.24, 2.45) is 5.92 Å². The lowest BCUT2D eigenvalue weighted by molar-refractivity contribution is -0.138. The van der Waals surface area contributed by atoms with Crippen LogP contribution in [0.1, 0.15) is 26.7 Å². The minimum absolute atomic E-state index is 0.202. The van der Waals surface area contributed by atoms with Gasteiger partial charge in [-0.05, 0) is 38.2 Å². The number of rotatable bonds is 5. The zero-order valence-corrected chi connectivity index (χ0v) is 9.13. The molecule has 0 unspecified atom stereocenters. The second-order valence-corrected chi connectivity index (χ2v) is 3.58. The van der Waals surface area contributed by atoms with Gasteiger partial charge in [-0.1, -0.05) is 0 Å². The molecular formula is C11H18O3. The Morgan fingerprint density at radius 2 is 2.07 bits per heavy atom. The number of methoxy groups -OCH3 is 1. The van der Waals surface area contributed by atoms with Gasteiger partial charge in [0.1, 0.15) is 0 Å². The van der Waals surface area contributed by atoms with Crippen LogP contribution >= 0.6 is 0 Å². The Balaban J connectivity index is 2.68. The van der Waals surface area contributed by atoms with Crippen LogP contribution in [-0.4, -0.2) is 26.3 Å². The summed E-state index contributed by atoms with van der Waals surface area (Å²) in [7, 11) is 1.65. The maximum absolute atomic E-state index is 11.5. The second-order valence-electron chi connectivity index (χ2n) is 3.58. The van der Waals surface area contributed by atoms with E-state index in [9.17, 15) is 4.79 Å². The summed E-state index contributed by atoms with van der Waals surface area (Å²) < 4.78 is 10.0. The van der Waals surface area contributed by atoms with Gasteiger partial charge in [-0.3, -0.25) is 0 Å². The van der Waals surface area contributed by atoms with Crippen molar-refractivity contribution in [3.05, 3.63) is 11.1 Å². The molecule has 0 spiro atoms. The number of esters is 1. The van der Waals surface area contributed by atoms with Crippen LogP contribution < -0.4 is 0 Å². The lowest BCUT2D eigenvalue weighted by Crippen LogP contribution is -2.11. The Morgan fingerprint density at radius 3 is 2.50 bits per heavy atom. The molecule has 14 heavy (non-hydrogen) atoms. The minimum atomic E-state index is -0.202. The predicted molar refractivity (Wildman–Crippen MR) is 53.9 cm³/mol. The summed E-state index contributed by atoms with van der Waals surface area (Å²) in [4.78, 5) is 11.5. The van der Waals surface area contributed by atoms with Crippen LogP contribution in [0.4, 0.5) is 0 Å². The van der Waals surface area contributed by atoms with E-state index in [-0.39, 0.29) is 5.97 Å². The number of ether oxygens (including phenoxy) is 2. The molecule has 1 fully saturated rings. The van der Waals surface area contributed by atoms with Crippen LogP contribution in [0.15, 0.2) is 11.1 Å². The van der Waals surface area contributed by atoms with E-state index in [4.69, 9.17) is 9.47 Å². The monoisotopic (exact) mass is 198 g/mol. The molecule has 0 atom stereocenters. The van der Waals surface area contributed by atoms with E-state index in [0.717, 1.165) is 11.1 Å². The van der Waals surface area contributed by atoms with E-state index >= 15 is 0 Å². The fourth-order valence-corrected chi connectivity index (χ4v) is 1.49. The molecule has 0 saturated heterocycles. The molecule has 0 N–H and O–H groups in total. The van der Waals surface area contributed by atoms with Gasteiger partial charge in [-0.25, -0.2) is 4.79 Å². The normalized spacial score (nSPS) is 17.6. The lowest BCUT2D eigenvalue weighted by atomic mass is 10.1. The molecule has 0 aromatic carbocycles. The molecule has 1 rings (SSSR count). The number of carbonyl (C=O) groups is 1. The minimum Gasteiger partial charge on any atom is -0.463 e. The summed E-state index contributed by atoms with van der Waals surface area (Å²) in [6.07, 6.45) is 2.35. The number of hydrogen-bond acceptors (Lipinski definition) is 3. The third kappa shape index (κ3) is 2.84. The third-order valence-corrected chi connectivity index (χ3v) is 2.43. The largest absolute Gasteiger partial charge is 0.463 e. The molecule has 1 aliphatic rings. The maximum Gasteiger partial charge on any atom is 0.333 e. The standard InChI is InChI=1S/C11H18O3/c1-4-14-11(12)8(2)10(7-13-3)9-5-6-9/h9H,4-7H2,1-3H3. The molecule has 3 nitrogen and oxygen atoms in total. The summed E-state index contributed by atoms with van der Waals surface area (Å²) in [5, 5.41) is 0. The van der Waals surface area contributed by atoms with Gasteiger partial charge < -0.3 is 9.47 Å². The predicted octanol–water partition coefficient (Wildman–Crippen LogP) is 1.92. The molecule has 0 radical (unpaired) electrons. The molecule has 0 aromatic rings. The highest BCUT2D eigenvalue weighted by atomic mass is 16.5. The van der Waals surface area contributed by atoms with Gasteiger partial charge in [-0.2, -0.15) is 0 Å².